The van der Waals surface area contributed by atoms with Crippen molar-refractivity contribution in [2.45, 2.75) is 27.4 Å². The number of nitrogens with one attached hydrogen (secondary N) is 1. The maximum atomic E-state index is 13.2. The van der Waals surface area contributed by atoms with Crippen molar-refractivity contribution in [2.75, 3.05) is 29.9 Å². The lowest BCUT2D eigenvalue weighted by molar-refractivity contribution is -0.127. The number of nitrogens with zero attached hydrogens (tertiary/aromatic N) is 2. The van der Waals surface area contributed by atoms with E-state index in [0.29, 0.717) is 28.6 Å². The van der Waals surface area contributed by atoms with E-state index in [2.05, 4.69) is 24.1 Å². The Balaban J connectivity index is 1.54. The number of amides is 3. The Morgan fingerprint density at radius 1 is 1.05 bits per heavy atom. The summed E-state index contributed by atoms with van der Waals surface area (Å²) in [5, 5.41) is 2.70. The first-order valence-electron chi connectivity index (χ1n) is 12.7. The van der Waals surface area contributed by atoms with Crippen molar-refractivity contribution in [2.24, 2.45) is 0 Å². The maximum Gasteiger partial charge on any atom is 0.294 e. The lowest BCUT2D eigenvalue weighted by Crippen LogP contribution is -2.36. The molecule has 1 aliphatic heterocycles. The van der Waals surface area contributed by atoms with Gasteiger partial charge in [0, 0.05) is 41.1 Å². The van der Waals surface area contributed by atoms with Gasteiger partial charge in [0.1, 0.15) is 18.9 Å². The maximum absolute atomic E-state index is 13.2. The molecule has 3 aromatic carbocycles. The van der Waals surface area contributed by atoms with Crippen LogP contribution in [0.1, 0.15) is 30.5 Å². The van der Waals surface area contributed by atoms with E-state index in [0.717, 1.165) is 46.6 Å². The highest BCUT2D eigenvalue weighted by Crippen LogP contribution is 2.35. The molecule has 3 aromatic rings. The molecule has 1 N–H and O–H groups in total. The molecular formula is C30H30ClN3O4S. The molecule has 1 aliphatic rings. The van der Waals surface area contributed by atoms with Crippen molar-refractivity contribution in [3.05, 3.63) is 93.3 Å². The van der Waals surface area contributed by atoms with Crippen molar-refractivity contribution in [1.82, 2.24) is 4.90 Å². The smallest absolute Gasteiger partial charge is 0.294 e. The van der Waals surface area contributed by atoms with Gasteiger partial charge in [-0.2, -0.15) is 0 Å². The summed E-state index contributed by atoms with van der Waals surface area (Å²) in [4.78, 5) is 41.9. The normalized spacial score (nSPS) is 14.2. The standard InChI is InChI=1S/C30H30ClN3O4S/c1-4-33(5-2)24-14-12-22(26(17-24)38-19-21-9-7-6-8-10-21)15-27-29(36)34(30(37)39-27)18-28(35)32-25-16-23(31)13-11-20(25)3/h6-17H,4-5,18-19H2,1-3H3,(H,32,35)/b27-15+. The zero-order valence-corrected chi connectivity index (χ0v) is 23.6. The van der Waals surface area contributed by atoms with Gasteiger partial charge in [-0.15, -0.1) is 0 Å². The third-order valence-corrected chi connectivity index (χ3v) is 7.44. The third kappa shape index (κ3) is 7.02. The van der Waals surface area contributed by atoms with Crippen molar-refractivity contribution in [3.8, 4) is 5.75 Å². The largest absolute Gasteiger partial charge is 0.488 e. The number of rotatable bonds is 10. The molecule has 1 heterocycles. The van der Waals surface area contributed by atoms with Crippen LogP contribution in [0.15, 0.2) is 71.6 Å². The summed E-state index contributed by atoms with van der Waals surface area (Å²) in [6, 6.07) is 20.7. The Morgan fingerprint density at radius 2 is 1.79 bits per heavy atom. The number of carbonyl (C=O) groups is 3. The number of ether oxygens (including phenoxy) is 1. The number of anilines is 2. The Bertz CT molecular complexity index is 1410. The molecular weight excluding hydrogens is 534 g/mol. The molecule has 1 saturated heterocycles. The minimum absolute atomic E-state index is 0.229. The van der Waals surface area contributed by atoms with Crippen LogP contribution in [0.25, 0.3) is 6.08 Å². The lowest BCUT2D eigenvalue weighted by Gasteiger charge is -2.22. The number of hydrogen-bond acceptors (Lipinski definition) is 6. The van der Waals surface area contributed by atoms with E-state index in [4.69, 9.17) is 16.3 Å². The minimum Gasteiger partial charge on any atom is -0.488 e. The van der Waals surface area contributed by atoms with Gasteiger partial charge in [0.2, 0.25) is 5.91 Å². The molecule has 0 spiro atoms. The summed E-state index contributed by atoms with van der Waals surface area (Å²) in [7, 11) is 0. The van der Waals surface area contributed by atoms with E-state index in [1.807, 2.05) is 55.5 Å². The number of thioether (sulfide) groups is 1. The lowest BCUT2D eigenvalue weighted by atomic mass is 10.1. The third-order valence-electron chi connectivity index (χ3n) is 6.30. The van der Waals surface area contributed by atoms with E-state index in [-0.39, 0.29) is 4.91 Å². The van der Waals surface area contributed by atoms with Crippen LogP contribution in [-0.2, 0) is 16.2 Å². The molecule has 3 amide bonds. The fraction of sp³-hybridized carbons (Fsp3) is 0.233. The van der Waals surface area contributed by atoms with Gasteiger partial charge in [-0.1, -0.05) is 48.0 Å². The predicted molar refractivity (Wildman–Crippen MR) is 158 cm³/mol. The van der Waals surface area contributed by atoms with E-state index in [1.165, 1.54) is 0 Å². The minimum atomic E-state index is -0.523. The average molecular weight is 564 g/mol. The molecule has 4 rings (SSSR count). The second-order valence-corrected chi connectivity index (χ2v) is 10.4. The summed E-state index contributed by atoms with van der Waals surface area (Å²) in [5.41, 5.74) is 4.03. The summed E-state index contributed by atoms with van der Waals surface area (Å²) < 4.78 is 6.19. The molecule has 0 saturated carbocycles. The fourth-order valence-electron chi connectivity index (χ4n) is 4.13. The van der Waals surface area contributed by atoms with Gasteiger partial charge in [-0.25, -0.2) is 0 Å². The van der Waals surface area contributed by atoms with Crippen molar-refractivity contribution in [1.29, 1.82) is 0 Å². The first-order chi connectivity index (χ1) is 18.8. The van der Waals surface area contributed by atoms with E-state index in [9.17, 15) is 14.4 Å². The van der Waals surface area contributed by atoms with Gasteiger partial charge in [-0.05, 0) is 74.0 Å². The van der Waals surface area contributed by atoms with E-state index < -0.39 is 23.6 Å². The first kappa shape index (κ1) is 28.3. The van der Waals surface area contributed by atoms with Crippen LogP contribution in [0.3, 0.4) is 0 Å². The number of benzene rings is 3. The highest BCUT2D eigenvalue weighted by atomic mass is 35.5. The molecule has 1 fully saturated rings. The summed E-state index contributed by atoms with van der Waals surface area (Å²) in [5.74, 6) is -0.409. The number of halogens is 1. The van der Waals surface area contributed by atoms with Crippen LogP contribution in [0, 0.1) is 6.92 Å². The Kier molecular flexibility index (Phi) is 9.32. The summed E-state index contributed by atoms with van der Waals surface area (Å²) in [6.45, 7) is 7.63. The molecule has 0 atom stereocenters. The van der Waals surface area contributed by atoms with Gasteiger partial charge < -0.3 is 15.0 Å². The van der Waals surface area contributed by atoms with Crippen molar-refractivity contribution < 1.29 is 19.1 Å². The van der Waals surface area contributed by atoms with Crippen LogP contribution in [0.4, 0.5) is 16.2 Å². The zero-order valence-electron chi connectivity index (χ0n) is 22.1. The van der Waals surface area contributed by atoms with Crippen LogP contribution >= 0.6 is 23.4 Å². The highest BCUT2D eigenvalue weighted by Gasteiger charge is 2.36. The molecule has 0 aliphatic carbocycles. The quantitative estimate of drug-likeness (QED) is 0.275. The predicted octanol–water partition coefficient (Wildman–Crippen LogP) is 6.75. The van der Waals surface area contributed by atoms with E-state index >= 15 is 0 Å². The molecule has 39 heavy (non-hydrogen) atoms. The van der Waals surface area contributed by atoms with Crippen molar-refractivity contribution >= 4 is 57.9 Å². The molecule has 9 heteroatoms. The van der Waals surface area contributed by atoms with Crippen molar-refractivity contribution in [3.63, 3.8) is 0 Å². The number of carbonyl (C=O) groups excluding carboxylic acids is 3. The van der Waals surface area contributed by atoms with Gasteiger partial charge >= 0.3 is 0 Å². The van der Waals surface area contributed by atoms with Gasteiger partial charge in [0.25, 0.3) is 11.1 Å². The first-order valence-corrected chi connectivity index (χ1v) is 13.9. The van der Waals surface area contributed by atoms with Crippen LogP contribution in [-0.4, -0.2) is 41.6 Å². The number of hydrogen-bond donors (Lipinski definition) is 1. The molecule has 7 nitrogen and oxygen atoms in total. The Hall–Kier alpha value is -3.75. The number of imide groups is 1. The number of aryl methyl sites for hydroxylation is 1. The average Bonchev–Trinajstić information content (AvgIpc) is 3.19. The summed E-state index contributed by atoms with van der Waals surface area (Å²) in [6.07, 6.45) is 1.65. The molecule has 0 unspecified atom stereocenters. The summed E-state index contributed by atoms with van der Waals surface area (Å²) >= 11 is 6.84. The van der Waals surface area contributed by atoms with E-state index in [1.54, 1.807) is 24.3 Å². The monoisotopic (exact) mass is 563 g/mol. The second-order valence-electron chi connectivity index (χ2n) is 8.94. The fourth-order valence-corrected chi connectivity index (χ4v) is 5.13. The Labute approximate surface area is 237 Å². The molecule has 0 radical (unpaired) electrons. The topological polar surface area (TPSA) is 79.0 Å². The second kappa shape index (κ2) is 12.9. The highest BCUT2D eigenvalue weighted by molar-refractivity contribution is 8.18. The molecule has 0 bridgehead atoms. The van der Waals surface area contributed by atoms with Gasteiger partial charge in [0.15, 0.2) is 0 Å². The van der Waals surface area contributed by atoms with Gasteiger partial charge in [-0.3, -0.25) is 19.3 Å². The molecule has 202 valence electrons. The molecule has 0 aromatic heterocycles. The van der Waals surface area contributed by atoms with Crippen LogP contribution in [0.5, 0.6) is 5.75 Å². The van der Waals surface area contributed by atoms with Crippen LogP contribution < -0.4 is 15.0 Å². The zero-order chi connectivity index (χ0) is 27.9. The SMILES string of the molecule is CCN(CC)c1ccc(/C=C2/SC(=O)N(CC(=O)Nc3cc(Cl)ccc3C)C2=O)c(OCc2ccccc2)c1. The van der Waals surface area contributed by atoms with Crippen LogP contribution in [0.2, 0.25) is 5.02 Å². The Morgan fingerprint density at radius 3 is 2.51 bits per heavy atom. The van der Waals surface area contributed by atoms with Gasteiger partial charge in [0.05, 0.1) is 4.91 Å².